The second kappa shape index (κ2) is 10.0. The van der Waals surface area contributed by atoms with Gasteiger partial charge < -0.3 is 16.4 Å². The lowest BCUT2D eigenvalue weighted by atomic mass is 10.0. The quantitative estimate of drug-likeness (QED) is 0.392. The van der Waals surface area contributed by atoms with Gasteiger partial charge in [-0.05, 0) is 52.9 Å². The van der Waals surface area contributed by atoms with Crippen LogP contribution in [0.3, 0.4) is 0 Å². The molecule has 1 atom stereocenters. The summed E-state index contributed by atoms with van der Waals surface area (Å²) in [7, 11) is 0. The number of amides is 2. The Kier molecular flexibility index (Phi) is 6.72. The molecule has 2 amide bonds. The molecule has 172 valence electrons. The number of anilines is 1. The number of hydrogen-bond acceptors (Lipinski definition) is 5. The van der Waals surface area contributed by atoms with E-state index in [2.05, 4.69) is 20.6 Å². The van der Waals surface area contributed by atoms with Crippen molar-refractivity contribution in [1.29, 1.82) is 0 Å². The van der Waals surface area contributed by atoms with Crippen LogP contribution in [0.4, 0.5) is 14.6 Å². The fourth-order valence-corrected chi connectivity index (χ4v) is 3.52. The average molecular weight is 461 g/mol. The summed E-state index contributed by atoms with van der Waals surface area (Å²) in [4.78, 5) is 33.6. The van der Waals surface area contributed by atoms with E-state index in [1.807, 2.05) is 24.3 Å². The van der Waals surface area contributed by atoms with Crippen molar-refractivity contribution in [3.63, 3.8) is 0 Å². The van der Waals surface area contributed by atoms with E-state index in [0.717, 1.165) is 28.5 Å². The highest BCUT2D eigenvalue weighted by molar-refractivity contribution is 5.97. The van der Waals surface area contributed by atoms with Crippen molar-refractivity contribution in [2.75, 3.05) is 5.73 Å². The Morgan fingerprint density at radius 2 is 1.79 bits per heavy atom. The van der Waals surface area contributed by atoms with E-state index in [1.165, 1.54) is 18.5 Å². The molecular weight excluding hydrogens is 440 g/mol. The number of rotatable bonds is 7. The van der Waals surface area contributed by atoms with Gasteiger partial charge in [-0.3, -0.25) is 14.6 Å². The number of hydrogen-bond donors (Lipinski definition) is 3. The third-order valence-corrected chi connectivity index (χ3v) is 5.30. The number of aromatic nitrogens is 2. The summed E-state index contributed by atoms with van der Waals surface area (Å²) in [5.41, 5.74) is 7.33. The number of halogens is 2. The molecule has 0 unspecified atom stereocenters. The van der Waals surface area contributed by atoms with E-state index < -0.39 is 29.5 Å². The Morgan fingerprint density at radius 1 is 0.971 bits per heavy atom. The van der Waals surface area contributed by atoms with Gasteiger partial charge in [0.1, 0.15) is 11.9 Å². The topological polar surface area (TPSA) is 110 Å². The van der Waals surface area contributed by atoms with Crippen molar-refractivity contribution in [1.82, 2.24) is 20.6 Å². The van der Waals surface area contributed by atoms with Crippen LogP contribution in [0.15, 0.2) is 73.2 Å². The minimum absolute atomic E-state index is 0.0328. The summed E-state index contributed by atoms with van der Waals surface area (Å²) >= 11 is 0. The molecule has 0 aliphatic heterocycles. The molecule has 0 aliphatic carbocycles. The van der Waals surface area contributed by atoms with Gasteiger partial charge in [0.15, 0.2) is 11.6 Å². The van der Waals surface area contributed by atoms with Gasteiger partial charge in [-0.25, -0.2) is 13.8 Å². The van der Waals surface area contributed by atoms with E-state index in [-0.39, 0.29) is 18.5 Å². The Labute approximate surface area is 194 Å². The molecule has 0 spiro atoms. The largest absolute Gasteiger partial charge is 0.383 e. The van der Waals surface area contributed by atoms with Gasteiger partial charge in [0.2, 0.25) is 5.91 Å². The second-order valence-corrected chi connectivity index (χ2v) is 7.69. The number of nitrogens with one attached hydrogen (secondary N) is 2. The zero-order valence-electron chi connectivity index (χ0n) is 18.0. The second-order valence-electron chi connectivity index (χ2n) is 7.69. The molecule has 2 aromatic heterocycles. The number of pyridine rings is 2. The molecule has 4 N–H and O–H groups in total. The van der Waals surface area contributed by atoms with Crippen LogP contribution in [0, 0.1) is 11.6 Å². The van der Waals surface area contributed by atoms with E-state index in [4.69, 9.17) is 5.73 Å². The highest BCUT2D eigenvalue weighted by atomic mass is 19.2. The first-order valence-electron chi connectivity index (χ1n) is 10.5. The number of carbonyl (C=O) groups is 2. The molecule has 4 aromatic rings. The van der Waals surface area contributed by atoms with Crippen LogP contribution in [0.1, 0.15) is 21.5 Å². The van der Waals surface area contributed by atoms with Crippen LogP contribution < -0.4 is 16.4 Å². The lowest BCUT2D eigenvalue weighted by molar-refractivity contribution is -0.123. The highest BCUT2D eigenvalue weighted by Crippen LogP contribution is 2.20. The third-order valence-electron chi connectivity index (χ3n) is 5.30. The van der Waals surface area contributed by atoms with Gasteiger partial charge in [-0.2, -0.15) is 0 Å². The van der Waals surface area contributed by atoms with Gasteiger partial charge in [-0.1, -0.05) is 18.2 Å². The molecular formula is C25H21F2N5O2. The number of carbonyl (C=O) groups excluding carboxylic acids is 2. The maximum Gasteiger partial charge on any atom is 0.253 e. The van der Waals surface area contributed by atoms with Gasteiger partial charge in [-0.15, -0.1) is 0 Å². The SMILES string of the molecule is Nc1nccc2cc(CNC(=O)[C@H](Cc3ccc(F)c(F)c3)NC(=O)c3cccnc3)ccc12. The molecule has 0 bridgehead atoms. The van der Waals surface area contributed by atoms with Crippen molar-refractivity contribution < 1.29 is 18.4 Å². The van der Waals surface area contributed by atoms with E-state index in [9.17, 15) is 18.4 Å². The first kappa shape index (κ1) is 22.8. The van der Waals surface area contributed by atoms with E-state index >= 15 is 0 Å². The molecule has 34 heavy (non-hydrogen) atoms. The van der Waals surface area contributed by atoms with Crippen LogP contribution in [0.5, 0.6) is 0 Å². The van der Waals surface area contributed by atoms with Crippen molar-refractivity contribution >= 4 is 28.4 Å². The van der Waals surface area contributed by atoms with E-state index in [1.54, 1.807) is 18.3 Å². The Morgan fingerprint density at radius 3 is 2.56 bits per heavy atom. The van der Waals surface area contributed by atoms with Crippen molar-refractivity contribution in [2.45, 2.75) is 19.0 Å². The fraction of sp³-hybridized carbons (Fsp3) is 0.120. The predicted molar refractivity (Wildman–Crippen MR) is 124 cm³/mol. The van der Waals surface area contributed by atoms with Crippen LogP contribution in [-0.2, 0) is 17.8 Å². The van der Waals surface area contributed by atoms with E-state index in [0.29, 0.717) is 11.4 Å². The fourth-order valence-electron chi connectivity index (χ4n) is 3.52. The maximum absolute atomic E-state index is 13.7. The Hall–Kier alpha value is -4.40. The molecule has 9 heteroatoms. The number of benzene rings is 2. The summed E-state index contributed by atoms with van der Waals surface area (Å²) in [6.07, 6.45) is 4.47. The van der Waals surface area contributed by atoms with Gasteiger partial charge in [0.05, 0.1) is 5.56 Å². The maximum atomic E-state index is 13.7. The molecule has 4 rings (SSSR count). The summed E-state index contributed by atoms with van der Waals surface area (Å²) in [5.74, 6) is -2.59. The normalized spacial score (nSPS) is 11.7. The van der Waals surface area contributed by atoms with Crippen LogP contribution in [0.25, 0.3) is 10.8 Å². The van der Waals surface area contributed by atoms with Crippen LogP contribution >= 0.6 is 0 Å². The number of nitrogen functional groups attached to an aromatic ring is 1. The summed E-state index contributed by atoms with van der Waals surface area (Å²) in [6.45, 7) is 0.189. The Bertz CT molecular complexity index is 1350. The average Bonchev–Trinajstić information content (AvgIpc) is 2.85. The first-order valence-corrected chi connectivity index (χ1v) is 10.5. The number of nitrogens with two attached hydrogens (primary N) is 1. The lowest BCUT2D eigenvalue weighted by Crippen LogP contribution is -2.47. The van der Waals surface area contributed by atoms with Crippen molar-refractivity contribution in [2.24, 2.45) is 0 Å². The first-order chi connectivity index (χ1) is 16.4. The molecule has 7 nitrogen and oxygen atoms in total. The number of nitrogens with zero attached hydrogens (tertiary/aromatic N) is 2. The van der Waals surface area contributed by atoms with Gasteiger partial charge >= 0.3 is 0 Å². The van der Waals surface area contributed by atoms with Crippen LogP contribution in [-0.4, -0.2) is 27.8 Å². The monoisotopic (exact) mass is 461 g/mol. The molecule has 0 radical (unpaired) electrons. The van der Waals surface area contributed by atoms with Gasteiger partial charge in [0.25, 0.3) is 5.91 Å². The van der Waals surface area contributed by atoms with Crippen LogP contribution in [0.2, 0.25) is 0 Å². The molecule has 2 aromatic carbocycles. The Balaban J connectivity index is 1.51. The lowest BCUT2D eigenvalue weighted by Gasteiger charge is -2.19. The summed E-state index contributed by atoms with van der Waals surface area (Å²) < 4.78 is 27.0. The highest BCUT2D eigenvalue weighted by Gasteiger charge is 2.22. The van der Waals surface area contributed by atoms with Crippen molar-refractivity contribution in [3.8, 4) is 0 Å². The zero-order chi connectivity index (χ0) is 24.1. The zero-order valence-corrected chi connectivity index (χ0v) is 18.0. The minimum atomic E-state index is -1.03. The smallest absolute Gasteiger partial charge is 0.253 e. The molecule has 0 fully saturated rings. The van der Waals surface area contributed by atoms with Gasteiger partial charge in [0, 0.05) is 36.9 Å². The van der Waals surface area contributed by atoms with Crippen molar-refractivity contribution in [3.05, 3.63) is 102 Å². The molecule has 0 aliphatic rings. The molecule has 2 heterocycles. The molecule has 0 saturated heterocycles. The summed E-state index contributed by atoms with van der Waals surface area (Å²) in [5, 5.41) is 7.14. The molecule has 0 saturated carbocycles. The standard InChI is InChI=1S/C25H21F2N5O2/c26-20-6-4-15(11-21(20)27)12-22(32-24(33)18-2-1-8-29-14-18)25(34)31-13-16-3-5-19-17(10-16)7-9-30-23(19)28/h1-11,14,22H,12-13H2,(H2,28,30)(H,31,34)(H,32,33)/t22-/m0/s1. The predicted octanol–water partition coefficient (Wildman–Crippen LogP) is 3.15. The number of fused-ring (bicyclic) bond motifs is 1. The summed E-state index contributed by atoms with van der Waals surface area (Å²) in [6, 6.07) is 12.8. The minimum Gasteiger partial charge on any atom is -0.383 e. The third kappa shape index (κ3) is 5.32.